The Morgan fingerprint density at radius 3 is 1.52 bits per heavy atom. The van der Waals surface area contributed by atoms with E-state index in [0.717, 1.165) is 41.5 Å². The van der Waals surface area contributed by atoms with Crippen LogP contribution in [0.15, 0.2) is 121 Å². The molecule has 0 spiro atoms. The highest BCUT2D eigenvalue weighted by Crippen LogP contribution is 2.41. The standard InChI is InChI=1S/C39H44O6S/c1-5-15-30(16-6-1)25-40-29-34-36(42-26-31-17-7-2-8-18-31)37(43-27-32-19-9-3-10-20-32)38(44-28-33-21-11-4-12-22-33)39(46-34)45-35-23-13-14-24-41-35/h1-12,15-22,34-39H,13-14,23-29H2/t34-,35?,36-,37+,38-,39?/m1/s1. The number of hydrogen-bond donors (Lipinski definition) is 0. The van der Waals surface area contributed by atoms with Crippen LogP contribution in [0.25, 0.3) is 0 Å². The summed E-state index contributed by atoms with van der Waals surface area (Å²) >= 11 is 1.71. The Morgan fingerprint density at radius 2 is 1.02 bits per heavy atom. The van der Waals surface area contributed by atoms with Crippen molar-refractivity contribution in [3.8, 4) is 0 Å². The molecular formula is C39H44O6S. The van der Waals surface area contributed by atoms with Crippen molar-refractivity contribution in [1.82, 2.24) is 0 Å². The van der Waals surface area contributed by atoms with Crippen molar-refractivity contribution in [3.05, 3.63) is 144 Å². The fourth-order valence-corrected chi connectivity index (χ4v) is 7.31. The van der Waals surface area contributed by atoms with Gasteiger partial charge in [0.05, 0.1) is 38.3 Å². The van der Waals surface area contributed by atoms with Gasteiger partial charge < -0.3 is 28.4 Å². The van der Waals surface area contributed by atoms with Gasteiger partial charge in [-0.25, -0.2) is 0 Å². The highest BCUT2D eigenvalue weighted by molar-refractivity contribution is 8.00. The molecule has 2 aliphatic heterocycles. The third kappa shape index (κ3) is 9.75. The smallest absolute Gasteiger partial charge is 0.159 e. The number of rotatable bonds is 15. The molecule has 4 aromatic carbocycles. The van der Waals surface area contributed by atoms with Gasteiger partial charge in [0, 0.05) is 6.61 Å². The van der Waals surface area contributed by atoms with Crippen LogP contribution in [-0.4, -0.2) is 48.5 Å². The molecule has 2 fully saturated rings. The third-order valence-corrected chi connectivity index (χ3v) is 9.67. The predicted octanol–water partition coefficient (Wildman–Crippen LogP) is 7.94. The lowest BCUT2D eigenvalue weighted by atomic mass is 10.0. The van der Waals surface area contributed by atoms with Crippen molar-refractivity contribution in [2.24, 2.45) is 0 Å². The molecule has 0 saturated carbocycles. The minimum absolute atomic E-state index is 0.0710. The van der Waals surface area contributed by atoms with E-state index >= 15 is 0 Å². The quantitative estimate of drug-likeness (QED) is 0.131. The van der Waals surface area contributed by atoms with Crippen molar-refractivity contribution < 1.29 is 28.4 Å². The molecule has 0 N–H and O–H groups in total. The van der Waals surface area contributed by atoms with E-state index in [0.29, 0.717) is 39.6 Å². The van der Waals surface area contributed by atoms with E-state index in [1.807, 2.05) is 72.8 Å². The third-order valence-electron chi connectivity index (χ3n) is 8.26. The summed E-state index contributed by atoms with van der Waals surface area (Å²) in [4.78, 5) is 0. The van der Waals surface area contributed by atoms with Gasteiger partial charge in [0.25, 0.3) is 0 Å². The number of thioether (sulfide) groups is 1. The molecule has 2 unspecified atom stereocenters. The lowest BCUT2D eigenvalue weighted by Gasteiger charge is -2.46. The van der Waals surface area contributed by atoms with E-state index < -0.39 is 12.2 Å². The first-order valence-electron chi connectivity index (χ1n) is 16.3. The minimum atomic E-state index is -0.423. The van der Waals surface area contributed by atoms with Gasteiger partial charge in [0.2, 0.25) is 0 Å². The highest BCUT2D eigenvalue weighted by atomic mass is 32.2. The average molecular weight is 641 g/mol. The molecule has 6 rings (SSSR count). The van der Waals surface area contributed by atoms with E-state index in [-0.39, 0.29) is 23.1 Å². The molecule has 0 radical (unpaired) electrons. The molecule has 2 saturated heterocycles. The van der Waals surface area contributed by atoms with Crippen molar-refractivity contribution in [3.63, 3.8) is 0 Å². The second-order valence-electron chi connectivity index (χ2n) is 11.8. The second kappa shape index (κ2) is 17.8. The van der Waals surface area contributed by atoms with E-state index in [1.165, 1.54) is 0 Å². The lowest BCUT2D eigenvalue weighted by Crippen LogP contribution is -2.58. The maximum atomic E-state index is 6.85. The zero-order valence-electron chi connectivity index (χ0n) is 26.2. The van der Waals surface area contributed by atoms with Crippen LogP contribution in [0.4, 0.5) is 0 Å². The van der Waals surface area contributed by atoms with Gasteiger partial charge in [0.1, 0.15) is 23.7 Å². The van der Waals surface area contributed by atoms with E-state index in [1.54, 1.807) is 11.8 Å². The molecule has 46 heavy (non-hydrogen) atoms. The summed E-state index contributed by atoms with van der Waals surface area (Å²) in [6.45, 7) is 3.01. The summed E-state index contributed by atoms with van der Waals surface area (Å²) in [6, 6.07) is 41.1. The maximum absolute atomic E-state index is 6.85. The Hall–Kier alpha value is -3.01. The van der Waals surface area contributed by atoms with Gasteiger partial charge in [-0.05, 0) is 41.5 Å². The van der Waals surface area contributed by atoms with Crippen LogP contribution in [0.1, 0.15) is 41.5 Å². The first kappa shape index (κ1) is 32.9. The fraction of sp³-hybridized carbons (Fsp3) is 0.385. The lowest BCUT2D eigenvalue weighted by molar-refractivity contribution is -0.226. The summed E-state index contributed by atoms with van der Waals surface area (Å²) in [5, 5.41) is -0.0710. The van der Waals surface area contributed by atoms with Crippen molar-refractivity contribution in [2.45, 2.75) is 81.0 Å². The summed E-state index contributed by atoms with van der Waals surface area (Å²) in [6.07, 6.45) is 1.56. The van der Waals surface area contributed by atoms with Gasteiger partial charge in [0.15, 0.2) is 6.29 Å². The first-order chi connectivity index (χ1) is 22.8. The number of ether oxygens (including phenoxy) is 6. The van der Waals surface area contributed by atoms with Gasteiger partial charge >= 0.3 is 0 Å². The Morgan fingerprint density at radius 1 is 0.543 bits per heavy atom. The largest absolute Gasteiger partial charge is 0.376 e. The first-order valence-corrected chi connectivity index (χ1v) is 17.3. The number of benzene rings is 4. The van der Waals surface area contributed by atoms with Crippen LogP contribution < -0.4 is 0 Å². The molecule has 2 aliphatic rings. The van der Waals surface area contributed by atoms with E-state index in [9.17, 15) is 0 Å². The molecule has 4 aromatic rings. The van der Waals surface area contributed by atoms with E-state index in [4.69, 9.17) is 28.4 Å². The molecule has 0 bridgehead atoms. The summed E-state index contributed by atoms with van der Waals surface area (Å²) in [5.74, 6) is 0. The Labute approximate surface area is 277 Å². The maximum Gasteiger partial charge on any atom is 0.159 e. The molecule has 0 aliphatic carbocycles. The monoisotopic (exact) mass is 640 g/mol. The molecule has 242 valence electrons. The fourth-order valence-electron chi connectivity index (χ4n) is 5.82. The van der Waals surface area contributed by atoms with Crippen LogP contribution in [0.5, 0.6) is 0 Å². The van der Waals surface area contributed by atoms with Crippen molar-refractivity contribution in [1.29, 1.82) is 0 Å². The van der Waals surface area contributed by atoms with Crippen LogP contribution in [0, 0.1) is 0 Å². The second-order valence-corrected chi connectivity index (χ2v) is 13.1. The van der Waals surface area contributed by atoms with Gasteiger partial charge in [-0.2, -0.15) is 0 Å². The van der Waals surface area contributed by atoms with Crippen LogP contribution >= 0.6 is 11.8 Å². The molecule has 0 amide bonds. The molecular weight excluding hydrogens is 596 g/mol. The summed E-state index contributed by atoms with van der Waals surface area (Å²) in [5.41, 5.74) is 4.09. The average Bonchev–Trinajstić information content (AvgIpc) is 3.12. The zero-order chi connectivity index (χ0) is 31.2. The highest BCUT2D eigenvalue weighted by Gasteiger charge is 2.49. The Balaban J connectivity index is 1.29. The number of hydrogen-bond acceptors (Lipinski definition) is 7. The molecule has 0 aromatic heterocycles. The van der Waals surface area contributed by atoms with Crippen LogP contribution in [0.2, 0.25) is 0 Å². The normalized spacial score (nSPS) is 24.9. The topological polar surface area (TPSA) is 55.4 Å². The van der Waals surface area contributed by atoms with Crippen LogP contribution in [-0.2, 0) is 54.8 Å². The SMILES string of the molecule is c1ccc(COC[C@H]2SC(OC3CCCCO3)[C@H](OCc3ccccc3)[C@@H](OCc3ccccc3)[C@@H]2OCc2ccccc2)cc1. The van der Waals surface area contributed by atoms with Crippen molar-refractivity contribution in [2.75, 3.05) is 13.2 Å². The zero-order valence-corrected chi connectivity index (χ0v) is 27.0. The molecule has 7 heteroatoms. The minimum Gasteiger partial charge on any atom is -0.376 e. The molecule has 2 heterocycles. The summed E-state index contributed by atoms with van der Waals surface area (Å²) in [7, 11) is 0. The van der Waals surface area contributed by atoms with Gasteiger partial charge in [-0.1, -0.05) is 121 Å². The predicted molar refractivity (Wildman–Crippen MR) is 181 cm³/mol. The van der Waals surface area contributed by atoms with E-state index in [2.05, 4.69) is 48.5 Å². The Bertz CT molecular complexity index is 1390. The summed E-state index contributed by atoms with van der Waals surface area (Å²) < 4.78 is 39.6. The molecule has 6 atom stereocenters. The molecule has 6 nitrogen and oxygen atoms in total. The van der Waals surface area contributed by atoms with Crippen molar-refractivity contribution >= 4 is 11.8 Å². The van der Waals surface area contributed by atoms with Crippen LogP contribution in [0.3, 0.4) is 0 Å². The van der Waals surface area contributed by atoms with Gasteiger partial charge in [-0.3, -0.25) is 0 Å². The van der Waals surface area contributed by atoms with Gasteiger partial charge in [-0.15, -0.1) is 11.8 Å². The Kier molecular flexibility index (Phi) is 12.7.